The Hall–Kier alpha value is -0.591. The molecule has 21 heavy (non-hydrogen) atoms. The zero-order valence-corrected chi connectivity index (χ0v) is 15.5. The molecule has 1 aromatic carbocycles. The molecule has 0 heterocycles. The van der Waals surface area contributed by atoms with Crippen LogP contribution in [0.15, 0.2) is 30.3 Å². The maximum atomic E-state index is 12.1. The Balaban J connectivity index is 2.04. The van der Waals surface area contributed by atoms with Crippen LogP contribution < -0.4 is 0 Å². The molecule has 0 fully saturated rings. The summed E-state index contributed by atoms with van der Waals surface area (Å²) < 4.78 is 0. The summed E-state index contributed by atoms with van der Waals surface area (Å²) in [5.41, 5.74) is 0.893. The van der Waals surface area contributed by atoms with E-state index in [1.165, 1.54) is 56.7 Å². The molecule has 0 spiro atoms. The number of benzene rings is 1. The second-order valence-corrected chi connectivity index (χ2v) is 10.6. The first-order valence-corrected chi connectivity index (χ1v) is 12.5. The van der Waals surface area contributed by atoms with Crippen LogP contribution in [0.3, 0.4) is 0 Å². The first-order valence-electron chi connectivity index (χ1n) is 8.41. The molecule has 1 radical (unpaired) electrons. The Bertz CT molecular complexity index is 374. The monoisotopic (exact) mass is 355 g/mol. The molecule has 0 amide bonds. The van der Waals surface area contributed by atoms with Gasteiger partial charge in [0.15, 0.2) is 0 Å². The van der Waals surface area contributed by atoms with Gasteiger partial charge < -0.3 is 0 Å². The van der Waals surface area contributed by atoms with Crippen LogP contribution >= 0.6 is 0 Å². The van der Waals surface area contributed by atoms with Crippen LogP contribution in [-0.4, -0.2) is 19.7 Å². The molecule has 1 aromatic rings. The van der Waals surface area contributed by atoms with Crippen molar-refractivity contribution in [3.05, 3.63) is 35.9 Å². The van der Waals surface area contributed by atoms with E-state index in [2.05, 4.69) is 12.7 Å². The maximum absolute atomic E-state index is 12.1. The van der Waals surface area contributed by atoms with Crippen LogP contribution in [-0.2, 0) is 0 Å². The summed E-state index contributed by atoms with van der Waals surface area (Å²) in [4.78, 5) is 12.1. The number of ketones is 1. The van der Waals surface area contributed by atoms with Crippen LogP contribution in [0.4, 0.5) is 0 Å². The first kappa shape index (κ1) is 18.5. The zero-order valence-electron chi connectivity index (χ0n) is 13.8. The van der Waals surface area contributed by atoms with Gasteiger partial charge in [0, 0.05) is 0 Å². The third kappa shape index (κ3) is 9.11. The molecule has 0 aliphatic rings. The number of unbranched alkanes of at least 4 members (excludes halogenated alkanes) is 7. The van der Waals surface area contributed by atoms with Gasteiger partial charge in [0.1, 0.15) is 0 Å². The summed E-state index contributed by atoms with van der Waals surface area (Å²) in [6.07, 6.45) is 11.0. The van der Waals surface area contributed by atoms with Crippen molar-refractivity contribution in [1.82, 2.24) is 0 Å². The minimum absolute atomic E-state index is 0.350. The topological polar surface area (TPSA) is 17.1 Å². The second kappa shape index (κ2) is 12.0. The first-order chi connectivity index (χ1) is 10.2. The molecule has 2 heteroatoms. The van der Waals surface area contributed by atoms with Gasteiger partial charge >= 0.3 is 135 Å². The molecule has 0 saturated carbocycles. The minimum atomic E-state index is -0.713. The molecule has 0 N–H and O–H groups in total. The number of carbonyl (C=O) groups excluding carboxylic acids is 1. The van der Waals surface area contributed by atoms with Crippen LogP contribution in [0.5, 0.6) is 0 Å². The number of rotatable bonds is 12. The predicted octanol–water partition coefficient (Wildman–Crippen LogP) is 6.13. The standard InChI is InChI=1S/C19H31OSe/c1-3-4-5-6-7-8-9-13-16-21(2)17-19(20)18-14-11-10-12-15-18/h10-12,14-15H,3-9,13,16-17H2,1-2H3. The van der Waals surface area contributed by atoms with Crippen molar-refractivity contribution in [3.8, 4) is 0 Å². The fourth-order valence-corrected chi connectivity index (χ4v) is 5.54. The van der Waals surface area contributed by atoms with Crippen LogP contribution in [0, 0.1) is 0 Å². The van der Waals surface area contributed by atoms with Gasteiger partial charge in [-0.1, -0.05) is 0 Å². The van der Waals surface area contributed by atoms with Gasteiger partial charge in [0.05, 0.1) is 0 Å². The van der Waals surface area contributed by atoms with E-state index in [0.29, 0.717) is 5.78 Å². The van der Waals surface area contributed by atoms with Gasteiger partial charge in [-0.2, -0.15) is 0 Å². The molecule has 0 saturated heterocycles. The van der Waals surface area contributed by atoms with Crippen LogP contribution in [0.25, 0.3) is 0 Å². The number of hydrogen-bond donors (Lipinski definition) is 0. The van der Waals surface area contributed by atoms with E-state index < -0.39 is 13.9 Å². The van der Waals surface area contributed by atoms with Crippen molar-refractivity contribution in [3.63, 3.8) is 0 Å². The fraction of sp³-hybridized carbons (Fsp3) is 0.632. The molecule has 0 aromatic heterocycles. The molecule has 1 nitrogen and oxygen atoms in total. The van der Waals surface area contributed by atoms with Gasteiger partial charge in [0.25, 0.3) is 0 Å². The van der Waals surface area contributed by atoms with Gasteiger partial charge in [0.2, 0.25) is 0 Å². The quantitative estimate of drug-likeness (QED) is 0.250. The van der Waals surface area contributed by atoms with E-state index in [4.69, 9.17) is 0 Å². The Morgan fingerprint density at radius 3 is 2.10 bits per heavy atom. The summed E-state index contributed by atoms with van der Waals surface area (Å²) in [5.74, 6) is 2.69. The van der Waals surface area contributed by atoms with E-state index >= 15 is 0 Å². The Morgan fingerprint density at radius 1 is 0.905 bits per heavy atom. The summed E-state index contributed by atoms with van der Waals surface area (Å²) in [6.45, 7) is 2.27. The fourth-order valence-electron chi connectivity index (χ4n) is 2.49. The molecule has 0 aliphatic heterocycles. The van der Waals surface area contributed by atoms with E-state index in [1.54, 1.807) is 0 Å². The van der Waals surface area contributed by atoms with E-state index in [0.717, 1.165) is 10.9 Å². The predicted molar refractivity (Wildman–Crippen MR) is 94.6 cm³/mol. The Morgan fingerprint density at radius 2 is 1.48 bits per heavy atom. The Kier molecular flexibility index (Phi) is 10.6. The van der Waals surface area contributed by atoms with Crippen molar-refractivity contribution in [1.29, 1.82) is 0 Å². The third-order valence-corrected chi connectivity index (χ3v) is 7.47. The molecule has 0 unspecified atom stereocenters. The molecule has 0 atom stereocenters. The Labute approximate surface area is 135 Å². The molecule has 0 aliphatic carbocycles. The molecule has 1 rings (SSSR count). The van der Waals surface area contributed by atoms with Crippen molar-refractivity contribution in [2.75, 3.05) is 0 Å². The second-order valence-electron chi connectivity index (χ2n) is 5.89. The molecular formula is C19H31OSe. The molecule has 119 valence electrons. The third-order valence-electron chi connectivity index (χ3n) is 3.82. The number of carbonyl (C=O) groups is 1. The van der Waals surface area contributed by atoms with Gasteiger partial charge in [-0.05, 0) is 0 Å². The van der Waals surface area contributed by atoms with E-state index in [9.17, 15) is 4.79 Å². The summed E-state index contributed by atoms with van der Waals surface area (Å²) in [6, 6.07) is 9.76. The number of hydrogen-bond acceptors (Lipinski definition) is 1. The van der Waals surface area contributed by atoms with Crippen molar-refractivity contribution in [2.45, 2.75) is 74.8 Å². The van der Waals surface area contributed by atoms with Crippen LogP contribution in [0.2, 0.25) is 16.5 Å². The van der Waals surface area contributed by atoms with E-state index in [-0.39, 0.29) is 0 Å². The van der Waals surface area contributed by atoms with Crippen LogP contribution in [0.1, 0.15) is 68.6 Å². The van der Waals surface area contributed by atoms with Gasteiger partial charge in [-0.3, -0.25) is 0 Å². The van der Waals surface area contributed by atoms with Gasteiger partial charge in [-0.15, -0.1) is 0 Å². The van der Waals surface area contributed by atoms with Crippen molar-refractivity contribution >= 4 is 19.7 Å². The summed E-state index contributed by atoms with van der Waals surface area (Å²) in [7, 11) is 0. The number of Topliss-reactive ketones (excluding diaryl/α,β-unsaturated/α-hetero) is 1. The van der Waals surface area contributed by atoms with Crippen molar-refractivity contribution in [2.24, 2.45) is 0 Å². The van der Waals surface area contributed by atoms with E-state index in [1.807, 2.05) is 30.3 Å². The zero-order chi connectivity index (χ0) is 15.3. The average Bonchev–Trinajstić information content (AvgIpc) is 2.50. The SMILES string of the molecule is CCCCCCCCCC[Se](C)CC(=O)c1ccccc1. The average molecular weight is 354 g/mol. The normalized spacial score (nSPS) is 11.0. The molecule has 0 bridgehead atoms. The summed E-state index contributed by atoms with van der Waals surface area (Å²) >= 11 is -0.713. The van der Waals surface area contributed by atoms with Gasteiger partial charge in [-0.25, -0.2) is 0 Å². The van der Waals surface area contributed by atoms with Crippen molar-refractivity contribution < 1.29 is 4.79 Å². The molecular weight excluding hydrogens is 323 g/mol. The summed E-state index contributed by atoms with van der Waals surface area (Å²) in [5, 5.41) is 2.13.